The molecule has 1 aromatic carbocycles. The fraction of sp³-hybridized carbons (Fsp3) is 0.667. The van der Waals surface area contributed by atoms with Crippen molar-refractivity contribution in [2.45, 2.75) is 76.5 Å². The summed E-state index contributed by atoms with van der Waals surface area (Å²) in [5.41, 5.74) is 2.20. The fourth-order valence-corrected chi connectivity index (χ4v) is 3.97. The molecule has 3 heteroatoms. The molecule has 0 spiro atoms. The number of carbonyl (C=O) groups is 1. The Kier molecular flexibility index (Phi) is 7.34. The van der Waals surface area contributed by atoms with Crippen LogP contribution in [0.25, 0.3) is 0 Å². The zero-order valence-corrected chi connectivity index (χ0v) is 17.0. The number of halogens is 1. The Hall–Kier alpha value is -0.830. The van der Waals surface area contributed by atoms with E-state index >= 15 is 0 Å². The van der Waals surface area contributed by atoms with Gasteiger partial charge in [-0.2, -0.15) is 0 Å². The van der Waals surface area contributed by atoms with E-state index in [0.29, 0.717) is 0 Å². The highest BCUT2D eigenvalue weighted by molar-refractivity contribution is 9.10. The van der Waals surface area contributed by atoms with Gasteiger partial charge < -0.3 is 5.32 Å². The van der Waals surface area contributed by atoms with Crippen LogP contribution in [0.2, 0.25) is 0 Å². The molecule has 1 amide bonds. The maximum Gasteiger partial charge on any atom is 0.227 e. The summed E-state index contributed by atoms with van der Waals surface area (Å²) < 4.78 is 0.105. The first-order chi connectivity index (χ1) is 11.4. The number of hydrogen-bond acceptors (Lipinski definition) is 1. The Morgan fingerprint density at radius 1 is 1.17 bits per heavy atom. The molecule has 1 saturated carbocycles. The van der Waals surface area contributed by atoms with Crippen molar-refractivity contribution in [1.29, 1.82) is 0 Å². The van der Waals surface area contributed by atoms with Crippen molar-refractivity contribution in [3.63, 3.8) is 0 Å². The minimum absolute atomic E-state index is 0.105. The number of benzene rings is 1. The Morgan fingerprint density at radius 3 is 2.33 bits per heavy atom. The van der Waals surface area contributed by atoms with Crippen LogP contribution in [0.1, 0.15) is 71.3 Å². The molecule has 2 rings (SSSR count). The Balaban J connectivity index is 1.80. The number of carbonyl (C=O) groups excluding carboxylic acids is 1. The van der Waals surface area contributed by atoms with Gasteiger partial charge in [0, 0.05) is 15.9 Å². The molecule has 2 nitrogen and oxygen atoms in total. The summed E-state index contributed by atoms with van der Waals surface area (Å²) in [4.78, 5) is 12.5. The lowest BCUT2D eigenvalue weighted by Crippen LogP contribution is -2.27. The van der Waals surface area contributed by atoms with Crippen molar-refractivity contribution in [3.8, 4) is 0 Å². The van der Waals surface area contributed by atoms with E-state index in [9.17, 15) is 4.79 Å². The van der Waals surface area contributed by atoms with Crippen LogP contribution in [0, 0.1) is 11.8 Å². The largest absolute Gasteiger partial charge is 0.326 e. The van der Waals surface area contributed by atoms with Gasteiger partial charge in [-0.15, -0.1) is 0 Å². The lowest BCUT2D eigenvalue weighted by atomic mass is 9.79. The average molecular weight is 394 g/mol. The minimum Gasteiger partial charge on any atom is -0.326 e. The van der Waals surface area contributed by atoms with Crippen molar-refractivity contribution in [1.82, 2.24) is 0 Å². The number of unbranched alkanes of at least 4 members (excludes halogenated alkanes) is 1. The summed E-state index contributed by atoms with van der Waals surface area (Å²) in [6, 6.07) is 8.28. The van der Waals surface area contributed by atoms with Crippen LogP contribution >= 0.6 is 15.9 Å². The second-order valence-corrected chi connectivity index (χ2v) is 10.1. The molecule has 1 N–H and O–H groups in total. The maximum absolute atomic E-state index is 12.5. The third-order valence-corrected chi connectivity index (χ3v) is 5.31. The first-order valence-corrected chi connectivity index (χ1v) is 10.3. The number of nitrogens with one attached hydrogen (secondary N) is 1. The van der Waals surface area contributed by atoms with Crippen molar-refractivity contribution in [2.24, 2.45) is 11.8 Å². The zero-order valence-electron chi connectivity index (χ0n) is 15.4. The molecule has 1 aliphatic rings. The lowest BCUT2D eigenvalue weighted by Gasteiger charge is -2.27. The van der Waals surface area contributed by atoms with Gasteiger partial charge in [0.15, 0.2) is 0 Å². The maximum atomic E-state index is 12.5. The summed E-state index contributed by atoms with van der Waals surface area (Å²) in [6.45, 7) is 6.59. The Morgan fingerprint density at radius 2 is 1.79 bits per heavy atom. The molecule has 134 valence electrons. The number of amides is 1. The van der Waals surface area contributed by atoms with E-state index in [-0.39, 0.29) is 16.1 Å². The quantitative estimate of drug-likeness (QED) is 0.538. The van der Waals surface area contributed by atoms with Gasteiger partial charge in [-0.1, -0.05) is 54.2 Å². The van der Waals surface area contributed by atoms with Crippen LogP contribution < -0.4 is 5.32 Å². The van der Waals surface area contributed by atoms with E-state index in [2.05, 4.69) is 54.2 Å². The molecule has 1 aromatic rings. The van der Waals surface area contributed by atoms with Crippen LogP contribution in [-0.4, -0.2) is 10.2 Å². The average Bonchev–Trinajstić information content (AvgIpc) is 2.54. The third kappa shape index (κ3) is 6.58. The fourth-order valence-electron chi connectivity index (χ4n) is 3.64. The highest BCUT2D eigenvalue weighted by Gasteiger charge is 2.26. The summed E-state index contributed by atoms with van der Waals surface area (Å²) in [6.07, 6.45) is 9.47. The van der Waals surface area contributed by atoms with Crippen LogP contribution in [0.15, 0.2) is 24.3 Å². The molecular formula is C21H32BrNO. The van der Waals surface area contributed by atoms with E-state index in [1.807, 2.05) is 12.1 Å². The first-order valence-electron chi connectivity index (χ1n) is 9.46. The molecule has 0 atom stereocenters. The second kappa shape index (κ2) is 9.03. The molecule has 0 saturated heterocycles. The van der Waals surface area contributed by atoms with E-state index in [0.717, 1.165) is 30.9 Å². The molecule has 0 aromatic heterocycles. The molecule has 0 bridgehead atoms. The SMILES string of the molecule is CCCCC1CCC(C(=O)Nc2ccc(CC(C)(C)Br)cc2)CC1. The second-order valence-electron chi connectivity index (χ2n) is 7.94. The van der Waals surface area contributed by atoms with Crippen LogP contribution in [0.4, 0.5) is 5.69 Å². The molecule has 0 radical (unpaired) electrons. The van der Waals surface area contributed by atoms with Gasteiger partial charge in [0.2, 0.25) is 5.91 Å². The summed E-state index contributed by atoms with van der Waals surface area (Å²) in [5.74, 6) is 1.25. The monoisotopic (exact) mass is 393 g/mol. The number of anilines is 1. The summed E-state index contributed by atoms with van der Waals surface area (Å²) in [7, 11) is 0. The summed E-state index contributed by atoms with van der Waals surface area (Å²) >= 11 is 3.68. The van der Waals surface area contributed by atoms with E-state index in [1.54, 1.807) is 0 Å². The van der Waals surface area contributed by atoms with E-state index < -0.39 is 0 Å². The third-order valence-electron chi connectivity index (χ3n) is 5.03. The van der Waals surface area contributed by atoms with Crippen molar-refractivity contribution < 1.29 is 4.79 Å². The van der Waals surface area contributed by atoms with E-state index in [4.69, 9.17) is 0 Å². The zero-order chi connectivity index (χ0) is 17.6. The van der Waals surface area contributed by atoms with E-state index in [1.165, 1.54) is 37.7 Å². The van der Waals surface area contributed by atoms with Crippen molar-refractivity contribution in [2.75, 3.05) is 5.32 Å². The summed E-state index contributed by atoms with van der Waals surface area (Å²) in [5, 5.41) is 3.11. The van der Waals surface area contributed by atoms with Gasteiger partial charge in [0.1, 0.15) is 0 Å². The smallest absolute Gasteiger partial charge is 0.227 e. The lowest BCUT2D eigenvalue weighted by molar-refractivity contribution is -0.121. The van der Waals surface area contributed by atoms with Crippen LogP contribution in [0.5, 0.6) is 0 Å². The van der Waals surface area contributed by atoms with Gasteiger partial charge >= 0.3 is 0 Å². The van der Waals surface area contributed by atoms with Crippen LogP contribution in [-0.2, 0) is 11.2 Å². The molecule has 24 heavy (non-hydrogen) atoms. The standard InChI is InChI=1S/C21H32BrNO/c1-4-5-6-16-7-11-18(12-8-16)20(24)23-19-13-9-17(10-14-19)15-21(2,3)22/h9-10,13-14,16,18H,4-8,11-12,15H2,1-3H3,(H,23,24). The van der Waals surface area contributed by atoms with Crippen molar-refractivity contribution in [3.05, 3.63) is 29.8 Å². The molecule has 0 heterocycles. The van der Waals surface area contributed by atoms with Gasteiger partial charge in [0.25, 0.3) is 0 Å². The van der Waals surface area contributed by atoms with Gasteiger partial charge in [0.05, 0.1) is 0 Å². The Bertz CT molecular complexity index is 510. The highest BCUT2D eigenvalue weighted by Crippen LogP contribution is 2.32. The number of rotatable bonds is 7. The Labute approximate surface area is 155 Å². The predicted octanol–water partition coefficient (Wildman–Crippen LogP) is 6.34. The van der Waals surface area contributed by atoms with Gasteiger partial charge in [-0.3, -0.25) is 4.79 Å². The predicted molar refractivity (Wildman–Crippen MR) is 107 cm³/mol. The molecule has 0 unspecified atom stereocenters. The molecular weight excluding hydrogens is 362 g/mol. The minimum atomic E-state index is 0.105. The number of hydrogen-bond donors (Lipinski definition) is 1. The van der Waals surface area contributed by atoms with Gasteiger partial charge in [-0.05, 0) is 69.6 Å². The molecule has 1 fully saturated rings. The topological polar surface area (TPSA) is 29.1 Å². The van der Waals surface area contributed by atoms with Crippen molar-refractivity contribution >= 4 is 27.5 Å². The van der Waals surface area contributed by atoms with Crippen LogP contribution in [0.3, 0.4) is 0 Å². The normalized spacial score (nSPS) is 21.5. The number of alkyl halides is 1. The first kappa shape index (κ1) is 19.5. The molecule has 1 aliphatic carbocycles. The molecule has 0 aliphatic heterocycles. The van der Waals surface area contributed by atoms with Gasteiger partial charge in [-0.25, -0.2) is 0 Å². The highest BCUT2D eigenvalue weighted by atomic mass is 79.9.